The van der Waals surface area contributed by atoms with Crippen LogP contribution in [0.2, 0.25) is 0 Å². The van der Waals surface area contributed by atoms with Crippen molar-refractivity contribution in [1.29, 1.82) is 0 Å². The van der Waals surface area contributed by atoms with E-state index in [9.17, 15) is 9.59 Å². The highest BCUT2D eigenvalue weighted by molar-refractivity contribution is 14.1. The SMILES string of the molecule is O=C(CN1CCN(C(=O)c2cccc(I)c2)CC1)Nc1ccccc1. The van der Waals surface area contributed by atoms with Crippen LogP contribution in [0.1, 0.15) is 10.4 Å². The lowest BCUT2D eigenvalue weighted by Crippen LogP contribution is -2.50. The third kappa shape index (κ3) is 5.02. The van der Waals surface area contributed by atoms with Gasteiger partial charge in [0.25, 0.3) is 5.91 Å². The number of rotatable bonds is 4. The summed E-state index contributed by atoms with van der Waals surface area (Å²) in [4.78, 5) is 28.6. The van der Waals surface area contributed by atoms with Gasteiger partial charge in [0, 0.05) is 41.0 Å². The summed E-state index contributed by atoms with van der Waals surface area (Å²) in [7, 11) is 0. The van der Waals surface area contributed by atoms with E-state index in [2.05, 4.69) is 32.8 Å². The van der Waals surface area contributed by atoms with Gasteiger partial charge >= 0.3 is 0 Å². The fourth-order valence-corrected chi connectivity index (χ4v) is 3.38. The van der Waals surface area contributed by atoms with Crippen molar-refractivity contribution in [1.82, 2.24) is 9.80 Å². The van der Waals surface area contributed by atoms with E-state index in [1.165, 1.54) is 0 Å². The number of hydrogen-bond acceptors (Lipinski definition) is 3. The van der Waals surface area contributed by atoms with Crippen molar-refractivity contribution < 1.29 is 9.59 Å². The second-order valence-electron chi connectivity index (χ2n) is 5.99. The average Bonchev–Trinajstić information content (AvgIpc) is 2.62. The van der Waals surface area contributed by atoms with Crippen molar-refractivity contribution in [3.05, 3.63) is 63.7 Å². The normalized spacial score (nSPS) is 15.0. The largest absolute Gasteiger partial charge is 0.336 e. The third-order valence-corrected chi connectivity index (χ3v) is 4.83. The highest BCUT2D eigenvalue weighted by atomic mass is 127. The Morgan fingerprint density at radius 1 is 0.960 bits per heavy atom. The summed E-state index contributed by atoms with van der Waals surface area (Å²) < 4.78 is 1.06. The molecule has 25 heavy (non-hydrogen) atoms. The second kappa shape index (κ2) is 8.44. The molecule has 2 aromatic carbocycles. The van der Waals surface area contributed by atoms with Crippen LogP contribution < -0.4 is 5.32 Å². The third-order valence-electron chi connectivity index (χ3n) is 4.16. The van der Waals surface area contributed by atoms with Crippen LogP contribution in [0.25, 0.3) is 0 Å². The maximum atomic E-state index is 12.5. The van der Waals surface area contributed by atoms with Gasteiger partial charge in [0.1, 0.15) is 0 Å². The number of carbonyl (C=O) groups excluding carboxylic acids is 2. The number of hydrogen-bond donors (Lipinski definition) is 1. The van der Waals surface area contributed by atoms with Crippen LogP contribution in [0.15, 0.2) is 54.6 Å². The average molecular weight is 449 g/mol. The molecule has 3 rings (SSSR count). The Bertz CT molecular complexity index is 743. The number of carbonyl (C=O) groups is 2. The van der Waals surface area contributed by atoms with Crippen LogP contribution in [-0.2, 0) is 4.79 Å². The van der Waals surface area contributed by atoms with Gasteiger partial charge in [-0.05, 0) is 52.9 Å². The van der Waals surface area contributed by atoms with Gasteiger partial charge in [0.2, 0.25) is 5.91 Å². The summed E-state index contributed by atoms with van der Waals surface area (Å²) in [5.74, 6) is 0.0375. The van der Waals surface area contributed by atoms with Crippen LogP contribution in [0.5, 0.6) is 0 Å². The molecule has 130 valence electrons. The van der Waals surface area contributed by atoms with E-state index < -0.39 is 0 Å². The minimum Gasteiger partial charge on any atom is -0.336 e. The molecule has 0 unspecified atom stereocenters. The lowest BCUT2D eigenvalue weighted by atomic mass is 10.2. The van der Waals surface area contributed by atoms with Crippen molar-refractivity contribution in [2.24, 2.45) is 0 Å². The van der Waals surface area contributed by atoms with Crippen molar-refractivity contribution in [2.75, 3.05) is 38.0 Å². The number of nitrogens with one attached hydrogen (secondary N) is 1. The fourth-order valence-electron chi connectivity index (χ4n) is 2.84. The maximum Gasteiger partial charge on any atom is 0.253 e. The number of piperazine rings is 1. The summed E-state index contributed by atoms with van der Waals surface area (Å²) in [5, 5.41) is 2.89. The molecule has 1 fully saturated rings. The molecule has 0 atom stereocenters. The standard InChI is InChI=1S/C19H20IN3O2/c20-16-6-4-5-15(13-16)19(25)23-11-9-22(10-12-23)14-18(24)21-17-7-2-1-3-8-17/h1-8,13H,9-12,14H2,(H,21,24). The summed E-state index contributed by atoms with van der Waals surface area (Å²) in [5.41, 5.74) is 1.53. The predicted octanol–water partition coefficient (Wildman–Crippen LogP) is 2.69. The Morgan fingerprint density at radius 2 is 1.68 bits per heavy atom. The zero-order valence-corrected chi connectivity index (χ0v) is 16.0. The van der Waals surface area contributed by atoms with Gasteiger partial charge in [-0.1, -0.05) is 24.3 Å². The molecule has 2 amide bonds. The number of anilines is 1. The second-order valence-corrected chi connectivity index (χ2v) is 7.24. The highest BCUT2D eigenvalue weighted by Crippen LogP contribution is 2.12. The van der Waals surface area contributed by atoms with Crippen molar-refractivity contribution in [2.45, 2.75) is 0 Å². The number of amides is 2. The molecule has 0 bridgehead atoms. The Hall–Kier alpha value is -1.93. The summed E-state index contributed by atoms with van der Waals surface area (Å²) in [6, 6.07) is 17.1. The first-order chi connectivity index (χ1) is 12.1. The lowest BCUT2D eigenvalue weighted by Gasteiger charge is -2.34. The molecular formula is C19H20IN3O2. The molecule has 1 aliphatic heterocycles. The van der Waals surface area contributed by atoms with Crippen molar-refractivity contribution >= 4 is 40.1 Å². The Balaban J connectivity index is 1.48. The monoisotopic (exact) mass is 449 g/mol. The maximum absolute atomic E-state index is 12.5. The molecule has 6 heteroatoms. The molecule has 0 aromatic heterocycles. The van der Waals surface area contributed by atoms with Crippen LogP contribution in [0.4, 0.5) is 5.69 Å². The quantitative estimate of drug-likeness (QED) is 0.731. The molecule has 2 aromatic rings. The Kier molecular flexibility index (Phi) is 6.04. The first kappa shape index (κ1) is 17.9. The minimum atomic E-state index is -0.0245. The molecular weight excluding hydrogens is 429 g/mol. The molecule has 0 saturated carbocycles. The van der Waals surface area contributed by atoms with E-state index in [4.69, 9.17) is 0 Å². The molecule has 1 N–H and O–H groups in total. The topological polar surface area (TPSA) is 52.7 Å². The Labute approximate surface area is 161 Å². The van der Waals surface area contributed by atoms with Crippen LogP contribution >= 0.6 is 22.6 Å². The fraction of sp³-hybridized carbons (Fsp3) is 0.263. The van der Waals surface area contributed by atoms with E-state index in [-0.39, 0.29) is 11.8 Å². The van der Waals surface area contributed by atoms with Gasteiger partial charge in [-0.15, -0.1) is 0 Å². The zero-order chi connectivity index (χ0) is 17.6. The minimum absolute atomic E-state index is 0.0245. The number of halogens is 1. The van der Waals surface area contributed by atoms with E-state index >= 15 is 0 Å². The molecule has 1 aliphatic rings. The van der Waals surface area contributed by atoms with Gasteiger partial charge in [-0.3, -0.25) is 14.5 Å². The molecule has 0 radical (unpaired) electrons. The molecule has 5 nitrogen and oxygen atoms in total. The van der Waals surface area contributed by atoms with E-state index in [1.807, 2.05) is 59.5 Å². The lowest BCUT2D eigenvalue weighted by molar-refractivity contribution is -0.117. The molecule has 1 heterocycles. The summed E-state index contributed by atoms with van der Waals surface area (Å²) >= 11 is 2.21. The number of para-hydroxylation sites is 1. The first-order valence-corrected chi connectivity index (χ1v) is 9.32. The van der Waals surface area contributed by atoms with Gasteiger partial charge in [-0.25, -0.2) is 0 Å². The summed E-state index contributed by atoms with van der Waals surface area (Å²) in [6.45, 7) is 3.04. The Morgan fingerprint density at radius 3 is 2.36 bits per heavy atom. The number of nitrogens with zero attached hydrogens (tertiary/aromatic N) is 2. The van der Waals surface area contributed by atoms with Crippen molar-refractivity contribution in [3.63, 3.8) is 0 Å². The van der Waals surface area contributed by atoms with Crippen molar-refractivity contribution in [3.8, 4) is 0 Å². The zero-order valence-electron chi connectivity index (χ0n) is 13.8. The smallest absolute Gasteiger partial charge is 0.253 e. The molecule has 0 aliphatic carbocycles. The van der Waals surface area contributed by atoms with E-state index in [0.717, 1.165) is 14.8 Å². The van der Waals surface area contributed by atoms with Gasteiger partial charge in [0.05, 0.1) is 6.54 Å². The molecule has 1 saturated heterocycles. The summed E-state index contributed by atoms with van der Waals surface area (Å²) in [6.07, 6.45) is 0. The first-order valence-electron chi connectivity index (χ1n) is 8.24. The van der Waals surface area contributed by atoms with Gasteiger partial charge in [0.15, 0.2) is 0 Å². The molecule has 0 spiro atoms. The van der Waals surface area contributed by atoms with E-state index in [0.29, 0.717) is 32.7 Å². The van der Waals surface area contributed by atoms with Crippen LogP contribution in [-0.4, -0.2) is 54.3 Å². The van der Waals surface area contributed by atoms with Gasteiger partial charge in [-0.2, -0.15) is 0 Å². The van der Waals surface area contributed by atoms with E-state index in [1.54, 1.807) is 0 Å². The van der Waals surface area contributed by atoms with Gasteiger partial charge < -0.3 is 10.2 Å². The number of benzene rings is 2. The predicted molar refractivity (Wildman–Crippen MR) is 107 cm³/mol. The van der Waals surface area contributed by atoms with Crippen LogP contribution in [0, 0.1) is 3.57 Å². The highest BCUT2D eigenvalue weighted by Gasteiger charge is 2.23. The van der Waals surface area contributed by atoms with Crippen LogP contribution in [0.3, 0.4) is 0 Å².